The van der Waals surface area contributed by atoms with Gasteiger partial charge in [0, 0.05) is 13.6 Å². The van der Waals surface area contributed by atoms with E-state index in [4.69, 9.17) is 15.9 Å². The van der Waals surface area contributed by atoms with Gasteiger partial charge in [-0.3, -0.25) is 14.4 Å². The van der Waals surface area contributed by atoms with Crippen LogP contribution in [0.5, 0.6) is 5.75 Å². The number of rotatable bonds is 6. The number of fused-ring (bicyclic) bond motifs is 1. The van der Waals surface area contributed by atoms with Crippen LogP contribution >= 0.6 is 0 Å². The Kier molecular flexibility index (Phi) is 5.02. The van der Waals surface area contributed by atoms with Crippen molar-refractivity contribution in [2.24, 2.45) is 11.8 Å². The molecule has 5 unspecified atom stereocenters. The number of carbonyl (C=O) groups excluding carboxylic acids is 3. The van der Waals surface area contributed by atoms with Crippen molar-refractivity contribution < 1.29 is 23.9 Å². The number of methoxy groups -OCH3 is 1. The maximum absolute atomic E-state index is 13.3. The molecule has 162 valence electrons. The molecule has 5 atom stereocenters. The molecule has 2 fully saturated rings. The average Bonchev–Trinajstić information content (AvgIpc) is 3.33. The predicted octanol–water partition coefficient (Wildman–Crippen LogP) is 0.231. The molecule has 1 aromatic rings. The molecule has 2 N–H and O–H groups in total. The molecule has 3 amide bonds. The number of terminal acetylenes is 1. The van der Waals surface area contributed by atoms with Crippen LogP contribution in [0.15, 0.2) is 36.4 Å². The number of hydrogen-bond acceptors (Lipinski definition) is 5. The Balaban J connectivity index is 1.63. The summed E-state index contributed by atoms with van der Waals surface area (Å²) in [5, 5.41) is 5.51. The smallest absolute Gasteiger partial charge is 0.246 e. The third-order valence-corrected chi connectivity index (χ3v) is 6.46. The van der Waals surface area contributed by atoms with Gasteiger partial charge < -0.3 is 25.0 Å². The van der Waals surface area contributed by atoms with Gasteiger partial charge in [0.05, 0.1) is 31.1 Å². The van der Waals surface area contributed by atoms with E-state index in [9.17, 15) is 14.4 Å². The van der Waals surface area contributed by atoms with Crippen LogP contribution in [-0.4, -0.2) is 60.6 Å². The topological polar surface area (TPSA) is 97.0 Å². The first-order chi connectivity index (χ1) is 14.8. The van der Waals surface area contributed by atoms with Gasteiger partial charge in [0.2, 0.25) is 17.7 Å². The standard InChI is InChI=1S/C23H25N3O5/c1-5-12-26-18(20(28)25-13-14-6-8-15(30-4)9-7-14)23-11-10-22(2,31-23)16(19(27)24-3)17(23)21(26)29/h1,6-11,16-18H,12-13H2,2-4H3,(H,24,27)(H,25,28). The fraction of sp³-hybridized carbons (Fsp3) is 0.435. The number of nitrogens with one attached hydrogen (secondary N) is 2. The summed E-state index contributed by atoms with van der Waals surface area (Å²) in [6, 6.07) is 6.34. The molecule has 2 bridgehead atoms. The van der Waals surface area contributed by atoms with Crippen LogP contribution in [0.3, 0.4) is 0 Å². The Morgan fingerprint density at radius 3 is 2.58 bits per heavy atom. The number of hydrogen-bond donors (Lipinski definition) is 2. The minimum atomic E-state index is -1.23. The maximum atomic E-state index is 13.3. The molecule has 3 aliphatic heterocycles. The van der Waals surface area contributed by atoms with Crippen LogP contribution < -0.4 is 15.4 Å². The van der Waals surface area contributed by atoms with E-state index in [1.807, 2.05) is 12.1 Å². The molecule has 4 rings (SSSR count). The average molecular weight is 423 g/mol. The molecule has 31 heavy (non-hydrogen) atoms. The highest BCUT2D eigenvalue weighted by Crippen LogP contribution is 2.59. The zero-order valence-corrected chi connectivity index (χ0v) is 17.7. The van der Waals surface area contributed by atoms with Crippen molar-refractivity contribution in [3.8, 4) is 18.1 Å². The van der Waals surface area contributed by atoms with Crippen molar-refractivity contribution in [3.63, 3.8) is 0 Å². The molecule has 0 saturated carbocycles. The molecule has 8 heteroatoms. The van der Waals surface area contributed by atoms with Crippen molar-refractivity contribution in [1.29, 1.82) is 0 Å². The summed E-state index contributed by atoms with van der Waals surface area (Å²) in [5.74, 6) is 0.593. The molecule has 0 radical (unpaired) electrons. The van der Waals surface area contributed by atoms with Crippen LogP contribution in [-0.2, 0) is 25.7 Å². The second-order valence-corrected chi connectivity index (χ2v) is 8.18. The van der Waals surface area contributed by atoms with Crippen LogP contribution in [0.2, 0.25) is 0 Å². The molecule has 1 aromatic carbocycles. The monoisotopic (exact) mass is 423 g/mol. The lowest BCUT2D eigenvalue weighted by Gasteiger charge is -2.32. The Labute approximate surface area is 180 Å². The van der Waals surface area contributed by atoms with Crippen molar-refractivity contribution in [2.45, 2.75) is 30.7 Å². The van der Waals surface area contributed by atoms with E-state index in [0.717, 1.165) is 5.56 Å². The molecular weight excluding hydrogens is 398 g/mol. The van der Waals surface area contributed by atoms with Gasteiger partial charge in [-0.05, 0) is 24.6 Å². The number of amides is 3. The number of benzene rings is 1. The van der Waals surface area contributed by atoms with E-state index in [1.165, 1.54) is 11.9 Å². The lowest BCUT2D eigenvalue weighted by Crippen LogP contribution is -2.54. The van der Waals surface area contributed by atoms with Crippen LogP contribution in [0, 0.1) is 24.2 Å². The van der Waals surface area contributed by atoms with Crippen LogP contribution in [0.1, 0.15) is 12.5 Å². The van der Waals surface area contributed by atoms with E-state index in [2.05, 4.69) is 16.6 Å². The minimum Gasteiger partial charge on any atom is -0.497 e. The SMILES string of the molecule is C#CCN1C(=O)C2C(C(=O)NC)C3(C)C=CC2(O3)C1C(=O)NCc1ccc(OC)cc1. The van der Waals surface area contributed by atoms with E-state index < -0.39 is 29.1 Å². The van der Waals surface area contributed by atoms with Crippen LogP contribution in [0.4, 0.5) is 0 Å². The Morgan fingerprint density at radius 2 is 1.97 bits per heavy atom. The highest BCUT2D eigenvalue weighted by atomic mass is 16.5. The zero-order valence-electron chi connectivity index (χ0n) is 17.7. The van der Waals surface area contributed by atoms with Crippen LogP contribution in [0.25, 0.3) is 0 Å². The molecule has 3 aliphatic rings. The second kappa shape index (κ2) is 7.43. The Morgan fingerprint density at radius 1 is 1.26 bits per heavy atom. The molecule has 0 aliphatic carbocycles. The first kappa shape index (κ1) is 20.9. The number of nitrogens with zero attached hydrogens (tertiary/aromatic N) is 1. The summed E-state index contributed by atoms with van der Waals surface area (Å²) in [7, 11) is 3.10. The highest BCUT2D eigenvalue weighted by molar-refractivity contribution is 6.00. The highest BCUT2D eigenvalue weighted by Gasteiger charge is 2.75. The Bertz CT molecular complexity index is 997. The van der Waals surface area contributed by atoms with E-state index in [-0.39, 0.29) is 30.8 Å². The zero-order chi connectivity index (χ0) is 22.4. The summed E-state index contributed by atoms with van der Waals surface area (Å²) in [6.07, 6.45) is 9.02. The van der Waals surface area contributed by atoms with Gasteiger partial charge in [-0.15, -0.1) is 6.42 Å². The van der Waals surface area contributed by atoms with Gasteiger partial charge in [-0.1, -0.05) is 30.2 Å². The van der Waals surface area contributed by atoms with E-state index >= 15 is 0 Å². The minimum absolute atomic E-state index is 0.0495. The fourth-order valence-corrected chi connectivity index (χ4v) is 5.08. The summed E-state index contributed by atoms with van der Waals surface area (Å²) in [6.45, 7) is 1.98. The summed E-state index contributed by atoms with van der Waals surface area (Å²) < 4.78 is 11.4. The normalized spacial score (nSPS) is 32.5. The number of ether oxygens (including phenoxy) is 2. The number of carbonyl (C=O) groups is 3. The van der Waals surface area contributed by atoms with Crippen molar-refractivity contribution in [2.75, 3.05) is 20.7 Å². The molecule has 1 spiro atoms. The van der Waals surface area contributed by atoms with E-state index in [0.29, 0.717) is 5.75 Å². The summed E-state index contributed by atoms with van der Waals surface area (Å²) in [4.78, 5) is 40.7. The third-order valence-electron chi connectivity index (χ3n) is 6.46. The number of likely N-dealkylation sites (tertiary alicyclic amines) is 1. The molecule has 0 aromatic heterocycles. The maximum Gasteiger partial charge on any atom is 0.246 e. The molecule has 2 saturated heterocycles. The molecule has 8 nitrogen and oxygen atoms in total. The summed E-state index contributed by atoms with van der Waals surface area (Å²) >= 11 is 0. The first-order valence-corrected chi connectivity index (χ1v) is 10.1. The van der Waals surface area contributed by atoms with Gasteiger partial charge in [0.15, 0.2) is 0 Å². The fourth-order valence-electron chi connectivity index (χ4n) is 5.08. The largest absolute Gasteiger partial charge is 0.497 e. The van der Waals surface area contributed by atoms with Crippen molar-refractivity contribution in [1.82, 2.24) is 15.5 Å². The van der Waals surface area contributed by atoms with Gasteiger partial charge in [0.25, 0.3) is 0 Å². The second-order valence-electron chi connectivity index (χ2n) is 8.18. The summed E-state index contributed by atoms with van der Waals surface area (Å²) in [5.41, 5.74) is -1.32. The van der Waals surface area contributed by atoms with Gasteiger partial charge in [-0.2, -0.15) is 0 Å². The van der Waals surface area contributed by atoms with E-state index in [1.54, 1.807) is 38.3 Å². The molecular formula is C23H25N3O5. The Hall–Kier alpha value is -3.31. The molecule has 3 heterocycles. The first-order valence-electron chi connectivity index (χ1n) is 10.1. The predicted molar refractivity (Wildman–Crippen MR) is 112 cm³/mol. The lowest BCUT2D eigenvalue weighted by atomic mass is 9.70. The lowest BCUT2D eigenvalue weighted by molar-refractivity contribution is -0.144. The third kappa shape index (κ3) is 3.00. The van der Waals surface area contributed by atoms with Gasteiger partial charge >= 0.3 is 0 Å². The van der Waals surface area contributed by atoms with Crippen molar-refractivity contribution in [3.05, 3.63) is 42.0 Å². The van der Waals surface area contributed by atoms with Gasteiger partial charge in [-0.25, -0.2) is 0 Å². The van der Waals surface area contributed by atoms with Gasteiger partial charge in [0.1, 0.15) is 17.4 Å². The quantitative estimate of drug-likeness (QED) is 0.505. The van der Waals surface area contributed by atoms with Crippen molar-refractivity contribution >= 4 is 17.7 Å².